The van der Waals surface area contributed by atoms with Crippen molar-refractivity contribution in [2.45, 2.75) is 0 Å². The van der Waals surface area contributed by atoms with Gasteiger partial charge >= 0.3 is 0 Å². The molecule has 2 nitrogen and oxygen atoms in total. The van der Waals surface area contributed by atoms with Gasteiger partial charge in [0.15, 0.2) is 18.2 Å². The van der Waals surface area contributed by atoms with Gasteiger partial charge in [-0.1, -0.05) is 22.0 Å². The summed E-state index contributed by atoms with van der Waals surface area (Å²) in [7, 11) is 0. The molecule has 0 fully saturated rings. The van der Waals surface area contributed by atoms with E-state index in [1.165, 1.54) is 12.1 Å². The van der Waals surface area contributed by atoms with E-state index in [2.05, 4.69) is 15.9 Å². The van der Waals surface area contributed by atoms with Crippen LogP contribution >= 0.6 is 15.9 Å². The van der Waals surface area contributed by atoms with E-state index in [0.29, 0.717) is 4.47 Å². The minimum atomic E-state index is -0.977. The predicted octanol–water partition coefficient (Wildman–Crippen LogP) is 4.13. The van der Waals surface area contributed by atoms with Gasteiger partial charge in [-0.05, 0) is 30.3 Å². The Hall–Kier alpha value is -1.82. The summed E-state index contributed by atoms with van der Waals surface area (Å²) in [6.07, 6.45) is 0. The molecule has 0 aliphatic rings. The number of hydrogen-bond acceptors (Lipinski definition) is 2. The lowest BCUT2D eigenvalue weighted by Gasteiger charge is -2.08. The van der Waals surface area contributed by atoms with Gasteiger partial charge in [-0.15, -0.1) is 0 Å². The molecule has 0 saturated carbocycles. The van der Waals surface area contributed by atoms with Gasteiger partial charge in [-0.2, -0.15) is 0 Å². The lowest BCUT2D eigenvalue weighted by Crippen LogP contribution is -2.15. The molecule has 0 atom stereocenters. The molecule has 0 aliphatic carbocycles. The number of ketones is 1. The molecule has 0 saturated heterocycles. The van der Waals surface area contributed by atoms with Crippen molar-refractivity contribution < 1.29 is 22.7 Å². The van der Waals surface area contributed by atoms with E-state index in [9.17, 15) is 18.0 Å². The number of halogens is 4. The summed E-state index contributed by atoms with van der Waals surface area (Å²) in [6.45, 7) is -0.656. The van der Waals surface area contributed by atoms with E-state index in [1.807, 2.05) is 0 Å². The van der Waals surface area contributed by atoms with Gasteiger partial charge in [-0.3, -0.25) is 4.79 Å². The third kappa shape index (κ3) is 3.19. The standard InChI is InChI=1S/C14H8BrF3O2/c15-8-4-5-13(11(18)6-8)20-7-12(19)14-9(16)2-1-3-10(14)17/h1-6H,7H2. The number of carbonyl (C=O) groups is 1. The summed E-state index contributed by atoms with van der Waals surface area (Å²) < 4.78 is 45.6. The van der Waals surface area contributed by atoms with Gasteiger partial charge in [-0.25, -0.2) is 13.2 Å². The topological polar surface area (TPSA) is 26.3 Å². The largest absolute Gasteiger partial charge is 0.482 e. The van der Waals surface area contributed by atoms with Crippen LogP contribution in [0.1, 0.15) is 10.4 Å². The lowest BCUT2D eigenvalue weighted by atomic mass is 10.1. The molecule has 0 aromatic heterocycles. The summed E-state index contributed by atoms with van der Waals surface area (Å²) in [4.78, 5) is 11.7. The zero-order chi connectivity index (χ0) is 14.7. The van der Waals surface area contributed by atoms with E-state index in [4.69, 9.17) is 4.74 Å². The molecule has 0 bridgehead atoms. The van der Waals surface area contributed by atoms with Gasteiger partial charge in [0.25, 0.3) is 0 Å². The highest BCUT2D eigenvalue weighted by Crippen LogP contribution is 2.22. The molecule has 2 aromatic carbocycles. The first-order chi connectivity index (χ1) is 9.49. The van der Waals surface area contributed by atoms with Gasteiger partial charge in [0.2, 0.25) is 5.78 Å². The average molecular weight is 345 g/mol. The Balaban J connectivity index is 2.13. The maximum Gasteiger partial charge on any atom is 0.206 e. The van der Waals surface area contributed by atoms with Gasteiger partial charge in [0.05, 0.1) is 5.56 Å². The summed E-state index contributed by atoms with van der Waals surface area (Å²) in [5, 5.41) is 0. The average Bonchev–Trinajstić information content (AvgIpc) is 2.37. The molecule has 0 aliphatic heterocycles. The van der Waals surface area contributed by atoms with E-state index in [1.54, 1.807) is 0 Å². The van der Waals surface area contributed by atoms with E-state index >= 15 is 0 Å². The minimum absolute atomic E-state index is 0.168. The van der Waals surface area contributed by atoms with Crippen molar-refractivity contribution in [3.8, 4) is 5.75 Å². The highest BCUT2D eigenvalue weighted by molar-refractivity contribution is 9.10. The molecule has 2 rings (SSSR count). The summed E-state index contributed by atoms with van der Waals surface area (Å²) >= 11 is 3.07. The molecule has 0 unspecified atom stereocenters. The van der Waals surface area contributed by atoms with Crippen molar-refractivity contribution in [2.75, 3.05) is 6.61 Å². The first-order valence-electron chi connectivity index (χ1n) is 5.54. The molecule has 0 amide bonds. The van der Waals surface area contributed by atoms with Gasteiger partial charge < -0.3 is 4.74 Å². The number of benzene rings is 2. The quantitative estimate of drug-likeness (QED) is 0.779. The van der Waals surface area contributed by atoms with Crippen LogP contribution < -0.4 is 4.74 Å². The second-order valence-electron chi connectivity index (χ2n) is 3.88. The van der Waals surface area contributed by atoms with Crippen molar-refractivity contribution in [1.82, 2.24) is 0 Å². The van der Waals surface area contributed by atoms with Crippen molar-refractivity contribution in [2.24, 2.45) is 0 Å². The van der Waals surface area contributed by atoms with E-state index in [-0.39, 0.29) is 5.75 Å². The number of rotatable bonds is 4. The Bertz CT molecular complexity index is 639. The van der Waals surface area contributed by atoms with Crippen LogP contribution in [0.5, 0.6) is 5.75 Å². The lowest BCUT2D eigenvalue weighted by molar-refractivity contribution is 0.0910. The zero-order valence-corrected chi connectivity index (χ0v) is 11.6. The summed E-state index contributed by atoms with van der Waals surface area (Å²) in [5.74, 6) is -3.70. The highest BCUT2D eigenvalue weighted by Gasteiger charge is 2.18. The van der Waals surface area contributed by atoms with Crippen LogP contribution in [0.4, 0.5) is 13.2 Å². The second kappa shape index (κ2) is 6.09. The maximum atomic E-state index is 13.4. The molecule has 0 heterocycles. The summed E-state index contributed by atoms with van der Waals surface area (Å²) in [5.41, 5.74) is -0.690. The van der Waals surface area contributed by atoms with E-state index < -0.39 is 35.4 Å². The molecule has 104 valence electrons. The van der Waals surface area contributed by atoms with Crippen LogP contribution in [0.15, 0.2) is 40.9 Å². The van der Waals surface area contributed by atoms with E-state index in [0.717, 1.165) is 24.3 Å². The Morgan fingerprint density at radius 2 is 1.70 bits per heavy atom. The fourth-order valence-electron chi connectivity index (χ4n) is 1.57. The fraction of sp³-hybridized carbons (Fsp3) is 0.0714. The normalized spacial score (nSPS) is 10.4. The van der Waals surface area contributed by atoms with Crippen LogP contribution in [0.25, 0.3) is 0 Å². The fourth-order valence-corrected chi connectivity index (χ4v) is 1.91. The number of carbonyl (C=O) groups excluding carboxylic acids is 1. The van der Waals surface area contributed by atoms with Crippen molar-refractivity contribution in [3.63, 3.8) is 0 Å². The van der Waals surface area contributed by atoms with Crippen molar-refractivity contribution in [1.29, 1.82) is 0 Å². The highest BCUT2D eigenvalue weighted by atomic mass is 79.9. The molecule has 0 radical (unpaired) electrons. The van der Waals surface area contributed by atoms with Crippen molar-refractivity contribution >= 4 is 21.7 Å². The van der Waals surface area contributed by atoms with Crippen LogP contribution in [0.2, 0.25) is 0 Å². The third-order valence-electron chi connectivity index (χ3n) is 2.49. The summed E-state index contributed by atoms with van der Waals surface area (Å²) in [6, 6.07) is 7.07. The first-order valence-corrected chi connectivity index (χ1v) is 6.33. The van der Waals surface area contributed by atoms with Crippen LogP contribution in [0, 0.1) is 17.5 Å². The van der Waals surface area contributed by atoms with Crippen LogP contribution in [-0.2, 0) is 0 Å². The molecule has 20 heavy (non-hydrogen) atoms. The van der Waals surface area contributed by atoms with Crippen LogP contribution in [0.3, 0.4) is 0 Å². The van der Waals surface area contributed by atoms with Gasteiger partial charge in [0.1, 0.15) is 11.6 Å². The molecule has 6 heteroatoms. The van der Waals surface area contributed by atoms with Crippen molar-refractivity contribution in [3.05, 3.63) is 63.9 Å². The molecular weight excluding hydrogens is 337 g/mol. The Labute approximate surface area is 121 Å². The van der Waals surface area contributed by atoms with Crippen LogP contribution in [-0.4, -0.2) is 12.4 Å². The Morgan fingerprint density at radius 3 is 2.30 bits per heavy atom. The Morgan fingerprint density at radius 1 is 1.05 bits per heavy atom. The monoisotopic (exact) mass is 344 g/mol. The second-order valence-corrected chi connectivity index (χ2v) is 4.80. The maximum absolute atomic E-state index is 13.4. The SMILES string of the molecule is O=C(COc1ccc(Br)cc1F)c1c(F)cccc1F. The zero-order valence-electron chi connectivity index (χ0n) is 10.00. The molecule has 2 aromatic rings. The Kier molecular flexibility index (Phi) is 4.44. The van der Waals surface area contributed by atoms with Gasteiger partial charge in [0, 0.05) is 4.47 Å². The number of Topliss-reactive ketones (excluding diaryl/α,β-unsaturated/α-hetero) is 1. The third-order valence-corrected chi connectivity index (χ3v) is 2.99. The minimum Gasteiger partial charge on any atom is -0.482 e. The predicted molar refractivity (Wildman–Crippen MR) is 70.3 cm³/mol. The molecule has 0 N–H and O–H groups in total. The molecular formula is C14H8BrF3O2. The molecule has 0 spiro atoms. The smallest absolute Gasteiger partial charge is 0.206 e. The first kappa shape index (κ1) is 14.6. The number of ether oxygens (including phenoxy) is 1. The number of hydrogen-bond donors (Lipinski definition) is 0.